The second-order valence-corrected chi connectivity index (χ2v) is 4.74. The van der Waals surface area contributed by atoms with Gasteiger partial charge in [-0.3, -0.25) is 0 Å². The normalized spacial score (nSPS) is 7.33. The van der Waals surface area contributed by atoms with E-state index in [1.165, 1.54) is 29.7 Å². The average molecular weight is 315 g/mol. The molecule has 0 spiro atoms. The Morgan fingerprint density at radius 2 is 1.00 bits per heavy atom. The molecule has 0 N–H and O–H groups in total. The molecular weight excluding hydrogens is 303 g/mol. The molecule has 0 aliphatic carbocycles. The number of hydrogen-bond acceptors (Lipinski definition) is 0. The van der Waals surface area contributed by atoms with Crippen LogP contribution in [0.5, 0.6) is 0 Å². The van der Waals surface area contributed by atoms with Gasteiger partial charge in [-0.2, -0.15) is 0 Å². The fourth-order valence-electron chi connectivity index (χ4n) is 0.385. The largest absolute Gasteiger partial charge is 0.0623 e. The Morgan fingerprint density at radius 3 is 1.11 bits per heavy atom. The topological polar surface area (TPSA) is 0 Å². The van der Waals surface area contributed by atoms with Crippen LogP contribution in [0.15, 0.2) is 36.4 Å². The molecule has 0 atom stereocenters. The van der Waals surface area contributed by atoms with Crippen molar-refractivity contribution in [2.45, 2.75) is 10.9 Å². The minimum Gasteiger partial charge on any atom is -0.0623 e. The third kappa shape index (κ3) is 8.14. The Balaban J connectivity index is 0.000000187. The first kappa shape index (κ1) is 9.14. The molecule has 0 heterocycles. The average Bonchev–Trinajstić information content (AvgIpc) is 1.93. The van der Waals surface area contributed by atoms with Crippen molar-refractivity contribution in [1.29, 1.82) is 0 Å². The van der Waals surface area contributed by atoms with E-state index in [1.54, 1.807) is 0 Å². The van der Waals surface area contributed by atoms with E-state index in [9.17, 15) is 0 Å². The second-order valence-electron chi connectivity index (χ2n) is 1.56. The first-order valence-corrected chi connectivity index (χ1v) is 6.29. The Hall–Kier alpha value is 0.142. The summed E-state index contributed by atoms with van der Waals surface area (Å²) in [5.74, 6) is 0. The van der Waals surface area contributed by atoms with Crippen molar-refractivity contribution in [3.05, 3.63) is 36.4 Å². The molecule has 0 aromatic heterocycles. The van der Waals surface area contributed by atoms with Crippen LogP contribution in [-0.2, 0) is 0 Å². The van der Waals surface area contributed by atoms with Crippen LogP contribution < -0.4 is 0 Å². The smallest absolute Gasteiger partial charge is 0.0623 e. The van der Waals surface area contributed by atoms with E-state index in [-0.39, 0.29) is 0 Å². The van der Waals surface area contributed by atoms with Crippen molar-refractivity contribution >= 4 is 25.8 Å². The van der Waals surface area contributed by atoms with Gasteiger partial charge in [-0.1, -0.05) is 36.4 Å². The molecule has 0 fully saturated rings. The van der Waals surface area contributed by atoms with Crippen LogP contribution in [0.2, 0.25) is 3.98 Å². The van der Waals surface area contributed by atoms with Crippen LogP contribution >= 0.6 is 0 Å². The second kappa shape index (κ2) is 8.14. The van der Waals surface area contributed by atoms with Crippen LogP contribution in [-0.4, -0.2) is 25.8 Å². The molecule has 9 heavy (non-hydrogen) atoms. The first-order valence-electron chi connectivity index (χ1n) is 3.12. The first-order chi connectivity index (χ1) is 4.41. The van der Waals surface area contributed by atoms with Gasteiger partial charge in [0.2, 0.25) is 0 Å². The summed E-state index contributed by atoms with van der Waals surface area (Å²) in [5.41, 5.74) is 0. The zero-order valence-electron chi connectivity index (χ0n) is 5.75. The third-order valence-corrected chi connectivity index (χ3v) is 0.667. The van der Waals surface area contributed by atoms with Crippen molar-refractivity contribution in [3.8, 4) is 0 Å². The summed E-state index contributed by atoms with van der Waals surface area (Å²) < 4.78 is 1.42. The summed E-state index contributed by atoms with van der Waals surface area (Å²) in [6.45, 7) is 2.20. The van der Waals surface area contributed by atoms with Crippen molar-refractivity contribution in [2.75, 3.05) is 0 Å². The van der Waals surface area contributed by atoms with Gasteiger partial charge in [-0.05, 0) is 0 Å². The van der Waals surface area contributed by atoms with E-state index < -0.39 is 0 Å². The van der Waals surface area contributed by atoms with E-state index in [0.29, 0.717) is 0 Å². The fraction of sp³-hybridized carbons (Fsp3) is 0.250. The standard InChI is InChI=1S/C6H6.C2H5.Pb.H/c1-2-4-6-5-3-1;1-2;;/h1-6H;1H2,2H3;;. The van der Waals surface area contributed by atoms with Crippen molar-refractivity contribution in [3.63, 3.8) is 0 Å². The minimum absolute atomic E-state index is 1.22. The molecule has 0 saturated heterocycles. The zero-order chi connectivity index (χ0) is 6.95. The Kier molecular flexibility index (Phi) is 8.27. The Morgan fingerprint density at radius 1 is 0.889 bits per heavy atom. The third-order valence-electron chi connectivity index (χ3n) is 0.667. The summed E-state index contributed by atoms with van der Waals surface area (Å²) in [4.78, 5) is 0. The molecular formula is C8H12Pb. The predicted molar refractivity (Wildman–Crippen MR) is 44.1 cm³/mol. The van der Waals surface area contributed by atoms with E-state index in [2.05, 4.69) is 6.92 Å². The van der Waals surface area contributed by atoms with Crippen LogP contribution in [0.1, 0.15) is 6.92 Å². The van der Waals surface area contributed by atoms with E-state index in [1.807, 2.05) is 36.4 Å². The maximum atomic E-state index is 2.20. The quantitative estimate of drug-likeness (QED) is 0.643. The molecule has 0 nitrogen and oxygen atoms in total. The molecule has 0 unspecified atom stereocenters. The van der Waals surface area contributed by atoms with Crippen LogP contribution in [0.4, 0.5) is 0 Å². The summed E-state index contributed by atoms with van der Waals surface area (Å²) >= 11 is 1.22. The summed E-state index contributed by atoms with van der Waals surface area (Å²) in [6.07, 6.45) is 0. The molecule has 48 valence electrons. The van der Waals surface area contributed by atoms with Gasteiger partial charge in [-0.25, -0.2) is 0 Å². The van der Waals surface area contributed by atoms with Crippen LogP contribution in [0.3, 0.4) is 0 Å². The number of hydrogen-bond donors (Lipinski definition) is 0. The van der Waals surface area contributed by atoms with Crippen molar-refractivity contribution < 1.29 is 0 Å². The number of benzene rings is 1. The molecule has 2 radical (unpaired) electrons. The van der Waals surface area contributed by atoms with Gasteiger partial charge in [0.05, 0.1) is 0 Å². The van der Waals surface area contributed by atoms with Gasteiger partial charge in [0.25, 0.3) is 0 Å². The molecule has 0 aliphatic rings. The van der Waals surface area contributed by atoms with Crippen LogP contribution in [0.25, 0.3) is 0 Å². The monoisotopic (exact) mass is 316 g/mol. The molecule has 0 bridgehead atoms. The van der Waals surface area contributed by atoms with Crippen molar-refractivity contribution in [1.82, 2.24) is 0 Å². The van der Waals surface area contributed by atoms with Crippen molar-refractivity contribution in [2.24, 2.45) is 0 Å². The molecule has 1 rings (SSSR count). The van der Waals surface area contributed by atoms with Gasteiger partial charge < -0.3 is 0 Å². The van der Waals surface area contributed by atoms with E-state index in [4.69, 9.17) is 0 Å². The maximum Gasteiger partial charge on any atom is -0.0623 e. The molecule has 1 aromatic rings. The fourth-order valence-corrected chi connectivity index (χ4v) is 0.385. The van der Waals surface area contributed by atoms with Gasteiger partial charge in [-0.15, -0.1) is 0 Å². The summed E-state index contributed by atoms with van der Waals surface area (Å²) in [7, 11) is 0. The SMILES string of the molecule is C[CH2][PbH].c1ccccc1. The van der Waals surface area contributed by atoms with Crippen LogP contribution in [0, 0.1) is 0 Å². The Bertz CT molecular complexity index is 87.4. The van der Waals surface area contributed by atoms with Gasteiger partial charge in [0.1, 0.15) is 0 Å². The zero-order valence-corrected chi connectivity index (χ0v) is 10.2. The maximum absolute atomic E-state index is 2.20. The molecule has 1 heteroatoms. The van der Waals surface area contributed by atoms with Gasteiger partial charge >= 0.3 is 36.7 Å². The summed E-state index contributed by atoms with van der Waals surface area (Å²) in [5, 5.41) is 0. The van der Waals surface area contributed by atoms with E-state index in [0.717, 1.165) is 0 Å². The van der Waals surface area contributed by atoms with Gasteiger partial charge in [0, 0.05) is 0 Å². The minimum atomic E-state index is 1.22. The molecule has 0 aliphatic heterocycles. The van der Waals surface area contributed by atoms with Gasteiger partial charge in [0.15, 0.2) is 0 Å². The number of rotatable bonds is 0. The summed E-state index contributed by atoms with van der Waals surface area (Å²) in [6, 6.07) is 12.0. The van der Waals surface area contributed by atoms with E-state index >= 15 is 0 Å². The Labute approximate surface area is 73.0 Å². The predicted octanol–water partition coefficient (Wildman–Crippen LogP) is 2.01. The molecule has 0 saturated carbocycles. The molecule has 1 aromatic carbocycles. The molecule has 0 amide bonds.